The summed E-state index contributed by atoms with van der Waals surface area (Å²) in [5.74, 6) is 0.707. The van der Waals surface area contributed by atoms with Crippen molar-refractivity contribution in [3.63, 3.8) is 0 Å². The third kappa shape index (κ3) is 2.07. The molecule has 1 aliphatic rings. The van der Waals surface area contributed by atoms with Crippen LogP contribution in [0.4, 0.5) is 5.69 Å². The van der Waals surface area contributed by atoms with E-state index in [1.807, 2.05) is 19.1 Å². The van der Waals surface area contributed by atoms with E-state index < -0.39 is 0 Å². The van der Waals surface area contributed by atoms with Crippen molar-refractivity contribution >= 4 is 27.5 Å². The number of hydrogen-bond donors (Lipinski definition) is 1. The predicted molar refractivity (Wildman–Crippen MR) is 66.8 cm³/mol. The zero-order valence-corrected chi connectivity index (χ0v) is 10.9. The van der Waals surface area contributed by atoms with Crippen molar-refractivity contribution in [3.8, 4) is 5.75 Å². The van der Waals surface area contributed by atoms with E-state index in [-0.39, 0.29) is 11.8 Å². The van der Waals surface area contributed by atoms with Crippen molar-refractivity contribution < 1.29 is 9.53 Å². The standard InChI is InChI=1S/C12H14BrNO2/c1-3-8-4-9(13)5-10-11(8)16-6-7(2)12(15)14-10/h4-5,7H,3,6H2,1-2H3,(H,14,15). The van der Waals surface area contributed by atoms with Gasteiger partial charge in [0.25, 0.3) is 0 Å². The molecule has 0 aromatic heterocycles. The number of amides is 1. The number of ether oxygens (including phenoxy) is 1. The lowest BCUT2D eigenvalue weighted by Crippen LogP contribution is -2.21. The first-order valence-electron chi connectivity index (χ1n) is 5.38. The molecule has 1 amide bonds. The average molecular weight is 284 g/mol. The van der Waals surface area contributed by atoms with Crippen LogP contribution < -0.4 is 10.1 Å². The minimum Gasteiger partial charge on any atom is -0.490 e. The molecule has 0 spiro atoms. The molecule has 0 aliphatic carbocycles. The lowest BCUT2D eigenvalue weighted by atomic mass is 10.1. The van der Waals surface area contributed by atoms with E-state index in [4.69, 9.17) is 4.74 Å². The van der Waals surface area contributed by atoms with Crippen LogP contribution in [0.15, 0.2) is 16.6 Å². The molecule has 1 aromatic carbocycles. The molecule has 1 unspecified atom stereocenters. The summed E-state index contributed by atoms with van der Waals surface area (Å²) in [7, 11) is 0. The fourth-order valence-electron chi connectivity index (χ4n) is 1.72. The summed E-state index contributed by atoms with van der Waals surface area (Å²) in [4.78, 5) is 11.7. The number of rotatable bonds is 1. The van der Waals surface area contributed by atoms with E-state index in [0.717, 1.165) is 27.9 Å². The molecule has 3 nitrogen and oxygen atoms in total. The lowest BCUT2D eigenvalue weighted by Gasteiger charge is -2.12. The molecule has 0 saturated carbocycles. The third-order valence-electron chi connectivity index (χ3n) is 2.69. The highest BCUT2D eigenvalue weighted by Crippen LogP contribution is 2.35. The molecule has 0 bridgehead atoms. The van der Waals surface area contributed by atoms with Gasteiger partial charge in [0.15, 0.2) is 0 Å². The van der Waals surface area contributed by atoms with Crippen LogP contribution in [0.1, 0.15) is 19.4 Å². The molecular formula is C12H14BrNO2. The number of halogens is 1. The summed E-state index contributed by atoms with van der Waals surface area (Å²) in [5.41, 5.74) is 1.87. The quantitative estimate of drug-likeness (QED) is 0.861. The molecule has 2 rings (SSSR count). The highest BCUT2D eigenvalue weighted by atomic mass is 79.9. The molecule has 86 valence electrons. The van der Waals surface area contributed by atoms with Crippen LogP contribution in [0.5, 0.6) is 5.75 Å². The molecule has 1 aromatic rings. The van der Waals surface area contributed by atoms with E-state index in [1.54, 1.807) is 0 Å². The smallest absolute Gasteiger partial charge is 0.230 e. The van der Waals surface area contributed by atoms with Gasteiger partial charge in [-0.05, 0) is 24.1 Å². The molecule has 1 atom stereocenters. The van der Waals surface area contributed by atoms with Crippen molar-refractivity contribution in [1.82, 2.24) is 0 Å². The Morgan fingerprint density at radius 3 is 3.00 bits per heavy atom. The molecular weight excluding hydrogens is 270 g/mol. The fourth-order valence-corrected chi connectivity index (χ4v) is 2.22. The van der Waals surface area contributed by atoms with Gasteiger partial charge in [-0.15, -0.1) is 0 Å². The van der Waals surface area contributed by atoms with Gasteiger partial charge in [0.1, 0.15) is 5.75 Å². The first kappa shape index (κ1) is 11.5. The number of carbonyl (C=O) groups excluding carboxylic acids is 1. The van der Waals surface area contributed by atoms with Crippen LogP contribution in [0.3, 0.4) is 0 Å². The number of anilines is 1. The first-order valence-corrected chi connectivity index (χ1v) is 6.17. The lowest BCUT2D eigenvalue weighted by molar-refractivity contribution is -0.119. The second-order valence-electron chi connectivity index (χ2n) is 4.00. The summed E-state index contributed by atoms with van der Waals surface area (Å²) >= 11 is 3.44. The van der Waals surface area contributed by atoms with Crippen molar-refractivity contribution in [2.24, 2.45) is 5.92 Å². The van der Waals surface area contributed by atoms with E-state index in [9.17, 15) is 4.79 Å². The van der Waals surface area contributed by atoms with E-state index in [1.165, 1.54) is 0 Å². The zero-order valence-electron chi connectivity index (χ0n) is 9.34. The Morgan fingerprint density at radius 1 is 1.56 bits per heavy atom. The van der Waals surface area contributed by atoms with Crippen molar-refractivity contribution in [2.45, 2.75) is 20.3 Å². The van der Waals surface area contributed by atoms with Gasteiger partial charge in [-0.25, -0.2) is 0 Å². The Labute approximate surface area is 103 Å². The maximum atomic E-state index is 11.7. The Balaban J connectivity index is 2.48. The van der Waals surface area contributed by atoms with Crippen LogP contribution in [-0.2, 0) is 11.2 Å². The zero-order chi connectivity index (χ0) is 11.7. The number of benzene rings is 1. The third-order valence-corrected chi connectivity index (χ3v) is 3.15. The van der Waals surface area contributed by atoms with E-state index >= 15 is 0 Å². The molecule has 4 heteroatoms. The molecule has 1 N–H and O–H groups in total. The van der Waals surface area contributed by atoms with Crippen molar-refractivity contribution in [1.29, 1.82) is 0 Å². The largest absolute Gasteiger partial charge is 0.490 e. The summed E-state index contributed by atoms with van der Waals surface area (Å²) in [6.07, 6.45) is 0.881. The molecule has 1 heterocycles. The average Bonchev–Trinajstić information content (AvgIpc) is 2.38. The monoisotopic (exact) mass is 283 g/mol. The molecule has 0 radical (unpaired) electrons. The van der Waals surface area contributed by atoms with Crippen LogP contribution in [0, 0.1) is 5.92 Å². The minimum absolute atomic E-state index is 0.0129. The van der Waals surface area contributed by atoms with Crippen LogP contribution in [0.25, 0.3) is 0 Å². The SMILES string of the molecule is CCc1cc(Br)cc2c1OCC(C)C(=O)N2. The summed E-state index contributed by atoms with van der Waals surface area (Å²) in [6.45, 7) is 4.37. The number of carbonyl (C=O) groups is 1. The Kier molecular flexibility index (Phi) is 3.19. The number of fused-ring (bicyclic) bond motifs is 1. The molecule has 0 saturated heterocycles. The highest BCUT2D eigenvalue weighted by Gasteiger charge is 2.22. The number of aryl methyl sites for hydroxylation is 1. The minimum atomic E-state index is -0.115. The van der Waals surface area contributed by atoms with E-state index in [2.05, 4.69) is 28.2 Å². The summed E-state index contributed by atoms with van der Waals surface area (Å²) < 4.78 is 6.66. The second kappa shape index (κ2) is 4.45. The molecule has 1 aliphatic heterocycles. The van der Waals surface area contributed by atoms with Gasteiger partial charge in [0, 0.05) is 4.47 Å². The van der Waals surface area contributed by atoms with Gasteiger partial charge in [-0.2, -0.15) is 0 Å². The maximum Gasteiger partial charge on any atom is 0.230 e. The second-order valence-corrected chi connectivity index (χ2v) is 4.91. The van der Waals surface area contributed by atoms with Gasteiger partial charge in [-0.3, -0.25) is 4.79 Å². The van der Waals surface area contributed by atoms with Gasteiger partial charge < -0.3 is 10.1 Å². The highest BCUT2D eigenvalue weighted by molar-refractivity contribution is 9.10. The number of hydrogen-bond acceptors (Lipinski definition) is 2. The molecule has 16 heavy (non-hydrogen) atoms. The van der Waals surface area contributed by atoms with Gasteiger partial charge >= 0.3 is 0 Å². The van der Waals surface area contributed by atoms with Crippen LogP contribution >= 0.6 is 15.9 Å². The van der Waals surface area contributed by atoms with Crippen LogP contribution in [-0.4, -0.2) is 12.5 Å². The Bertz CT molecular complexity index is 431. The van der Waals surface area contributed by atoms with Crippen LogP contribution in [0.2, 0.25) is 0 Å². The maximum absolute atomic E-state index is 11.7. The van der Waals surface area contributed by atoms with Crippen molar-refractivity contribution in [2.75, 3.05) is 11.9 Å². The Morgan fingerprint density at radius 2 is 2.31 bits per heavy atom. The topological polar surface area (TPSA) is 38.3 Å². The summed E-state index contributed by atoms with van der Waals surface area (Å²) in [6, 6.07) is 3.91. The molecule has 0 fully saturated rings. The van der Waals surface area contributed by atoms with Gasteiger partial charge in [0.05, 0.1) is 18.2 Å². The number of nitrogens with one attached hydrogen (secondary N) is 1. The van der Waals surface area contributed by atoms with Gasteiger partial charge in [-0.1, -0.05) is 29.8 Å². The fraction of sp³-hybridized carbons (Fsp3) is 0.417. The Hall–Kier alpha value is -1.03. The van der Waals surface area contributed by atoms with E-state index in [0.29, 0.717) is 6.61 Å². The summed E-state index contributed by atoms with van der Waals surface area (Å²) in [5, 5.41) is 2.89. The first-order chi connectivity index (χ1) is 7.61. The normalized spacial score (nSPS) is 19.4. The van der Waals surface area contributed by atoms with Gasteiger partial charge in [0.2, 0.25) is 5.91 Å². The van der Waals surface area contributed by atoms with Crippen molar-refractivity contribution in [3.05, 3.63) is 22.2 Å². The predicted octanol–water partition coefficient (Wildman–Crippen LogP) is 2.98.